The van der Waals surface area contributed by atoms with E-state index in [2.05, 4.69) is 4.72 Å². The normalized spacial score (nSPS) is 18.4. The molecule has 12 heteroatoms. The monoisotopic (exact) mass is 437 g/mol. The summed E-state index contributed by atoms with van der Waals surface area (Å²) in [5.41, 5.74) is 0. The van der Waals surface area contributed by atoms with Crippen LogP contribution in [0.4, 0.5) is 4.79 Å². The van der Waals surface area contributed by atoms with Gasteiger partial charge in [0.15, 0.2) is 0 Å². The number of carbonyl (C=O) groups excluding carboxylic acids is 3. The number of imide groups is 1. The third-order valence-electron chi connectivity index (χ3n) is 3.97. The molecule has 0 saturated carbocycles. The summed E-state index contributed by atoms with van der Waals surface area (Å²) in [5, 5.41) is -0.420. The van der Waals surface area contributed by atoms with E-state index in [0.29, 0.717) is 0 Å². The molecule has 0 spiro atoms. The first-order chi connectivity index (χ1) is 12.2. The van der Waals surface area contributed by atoms with Crippen molar-refractivity contribution in [3.8, 4) is 0 Å². The zero-order valence-electron chi connectivity index (χ0n) is 13.1. The number of nitrogens with one attached hydrogen (secondary N) is 1. The number of carbonyl (C=O) groups is 3. The van der Waals surface area contributed by atoms with Gasteiger partial charge in [0.05, 0.1) is 28.4 Å². The molecule has 8 nitrogen and oxygen atoms in total. The Morgan fingerprint density at radius 2 is 1.85 bits per heavy atom. The van der Waals surface area contributed by atoms with Crippen LogP contribution in [0.1, 0.15) is 0 Å². The van der Waals surface area contributed by atoms with E-state index in [9.17, 15) is 22.8 Å². The molecule has 0 unspecified atom stereocenters. The molecule has 3 rings (SSSR count). The SMILES string of the molecule is O=C(CNS(=O)(=O)c1c(Cl)cccc1Cl)N1CC(N2C(=O)CSC2=O)C1. The quantitative estimate of drug-likeness (QED) is 0.741. The Morgan fingerprint density at radius 3 is 2.38 bits per heavy atom. The van der Waals surface area contributed by atoms with Crippen molar-refractivity contribution in [1.29, 1.82) is 0 Å². The highest BCUT2D eigenvalue weighted by molar-refractivity contribution is 8.14. The molecule has 2 saturated heterocycles. The first kappa shape index (κ1) is 19.4. The minimum Gasteiger partial charge on any atom is -0.337 e. The highest BCUT2D eigenvalue weighted by Gasteiger charge is 2.43. The summed E-state index contributed by atoms with van der Waals surface area (Å²) in [6.45, 7) is -0.107. The summed E-state index contributed by atoms with van der Waals surface area (Å²) < 4.78 is 26.8. The first-order valence-corrected chi connectivity index (χ1v) is 10.6. The van der Waals surface area contributed by atoms with Gasteiger partial charge in [-0.1, -0.05) is 41.0 Å². The third-order valence-corrected chi connectivity index (χ3v) is 7.16. The van der Waals surface area contributed by atoms with E-state index in [1.54, 1.807) is 0 Å². The number of benzene rings is 1. The summed E-state index contributed by atoms with van der Waals surface area (Å²) in [7, 11) is -4.06. The Labute approximate surface area is 163 Å². The van der Waals surface area contributed by atoms with E-state index in [1.165, 1.54) is 23.1 Å². The van der Waals surface area contributed by atoms with E-state index >= 15 is 0 Å². The Bertz CT molecular complexity index is 850. The molecule has 1 aromatic rings. The van der Waals surface area contributed by atoms with Crippen molar-refractivity contribution >= 4 is 62.0 Å². The first-order valence-electron chi connectivity index (χ1n) is 7.41. The lowest BCUT2D eigenvalue weighted by Crippen LogP contribution is -2.63. The van der Waals surface area contributed by atoms with Crippen molar-refractivity contribution in [3.63, 3.8) is 0 Å². The Hall–Kier alpha value is -1.33. The van der Waals surface area contributed by atoms with Gasteiger partial charge in [0.1, 0.15) is 4.90 Å². The van der Waals surface area contributed by atoms with Crippen molar-refractivity contribution in [2.45, 2.75) is 10.9 Å². The number of sulfonamides is 1. The van der Waals surface area contributed by atoms with Gasteiger partial charge in [-0.3, -0.25) is 19.3 Å². The average molecular weight is 438 g/mol. The number of hydrogen-bond acceptors (Lipinski definition) is 6. The van der Waals surface area contributed by atoms with Crippen LogP contribution in [0.25, 0.3) is 0 Å². The van der Waals surface area contributed by atoms with Crippen LogP contribution < -0.4 is 4.72 Å². The highest BCUT2D eigenvalue weighted by atomic mass is 35.5. The molecule has 0 bridgehead atoms. The lowest BCUT2D eigenvalue weighted by molar-refractivity contribution is -0.141. The average Bonchev–Trinajstić information content (AvgIpc) is 2.83. The van der Waals surface area contributed by atoms with Gasteiger partial charge >= 0.3 is 0 Å². The van der Waals surface area contributed by atoms with Crippen molar-refractivity contribution in [2.24, 2.45) is 0 Å². The Balaban J connectivity index is 1.57. The van der Waals surface area contributed by atoms with Gasteiger partial charge < -0.3 is 4.90 Å². The largest absolute Gasteiger partial charge is 0.337 e. The minimum atomic E-state index is -4.06. The van der Waals surface area contributed by atoms with E-state index < -0.39 is 22.5 Å². The number of likely N-dealkylation sites (tertiary alicyclic amines) is 1. The van der Waals surface area contributed by atoms with Crippen LogP contribution in [-0.4, -0.2) is 66.7 Å². The van der Waals surface area contributed by atoms with Crippen molar-refractivity contribution in [3.05, 3.63) is 28.2 Å². The third kappa shape index (κ3) is 3.70. The highest BCUT2D eigenvalue weighted by Crippen LogP contribution is 2.29. The number of rotatable bonds is 5. The molecule has 1 N–H and O–H groups in total. The smallest absolute Gasteiger partial charge is 0.289 e. The summed E-state index contributed by atoms with van der Waals surface area (Å²) in [5.74, 6) is -0.632. The van der Waals surface area contributed by atoms with Crippen LogP contribution in [0.5, 0.6) is 0 Å². The van der Waals surface area contributed by atoms with Crippen LogP contribution in [0.15, 0.2) is 23.1 Å². The number of amides is 3. The lowest BCUT2D eigenvalue weighted by Gasteiger charge is -2.42. The molecule has 0 aromatic heterocycles. The second-order valence-corrected chi connectivity index (χ2v) is 9.09. The maximum absolute atomic E-state index is 12.3. The van der Waals surface area contributed by atoms with Gasteiger partial charge in [0.25, 0.3) is 5.24 Å². The van der Waals surface area contributed by atoms with Gasteiger partial charge in [-0.2, -0.15) is 0 Å². The fourth-order valence-electron chi connectivity index (χ4n) is 2.62. The molecule has 2 aliphatic rings. The molecule has 3 amide bonds. The number of nitrogens with zero attached hydrogens (tertiary/aromatic N) is 2. The lowest BCUT2D eigenvalue weighted by atomic mass is 10.1. The van der Waals surface area contributed by atoms with Crippen molar-refractivity contribution < 1.29 is 22.8 Å². The van der Waals surface area contributed by atoms with E-state index in [1.807, 2.05) is 0 Å². The molecular formula is C14H13Cl2N3O5S2. The summed E-state index contributed by atoms with van der Waals surface area (Å²) in [6, 6.07) is 3.91. The maximum atomic E-state index is 12.3. The Morgan fingerprint density at radius 1 is 1.23 bits per heavy atom. The van der Waals surface area contributed by atoms with E-state index in [4.69, 9.17) is 23.2 Å². The van der Waals surface area contributed by atoms with E-state index in [0.717, 1.165) is 16.7 Å². The standard InChI is InChI=1S/C14H13Cl2N3O5S2/c15-9-2-1-3-10(16)13(9)26(23,24)17-4-11(20)18-5-8(6-18)19-12(21)7-25-14(19)22/h1-3,8,17H,4-7H2. The fraction of sp³-hybridized carbons (Fsp3) is 0.357. The van der Waals surface area contributed by atoms with Crippen LogP contribution >= 0.6 is 35.0 Å². The van der Waals surface area contributed by atoms with E-state index in [-0.39, 0.29) is 51.0 Å². The zero-order valence-corrected chi connectivity index (χ0v) is 16.3. The number of hydrogen-bond donors (Lipinski definition) is 1. The van der Waals surface area contributed by atoms with Crippen LogP contribution in [-0.2, 0) is 19.6 Å². The van der Waals surface area contributed by atoms with Crippen molar-refractivity contribution in [1.82, 2.24) is 14.5 Å². The second kappa shape index (κ2) is 7.35. The van der Waals surface area contributed by atoms with Crippen LogP contribution in [0.2, 0.25) is 10.0 Å². The molecular weight excluding hydrogens is 425 g/mol. The predicted octanol–water partition coefficient (Wildman–Crippen LogP) is 1.18. The number of thioether (sulfide) groups is 1. The zero-order chi connectivity index (χ0) is 19.1. The molecule has 140 valence electrons. The topological polar surface area (TPSA) is 104 Å². The summed E-state index contributed by atoms with van der Waals surface area (Å²) >= 11 is 12.7. The Kier molecular flexibility index (Phi) is 5.50. The van der Waals surface area contributed by atoms with Gasteiger partial charge in [-0.05, 0) is 12.1 Å². The molecule has 0 aliphatic carbocycles. The van der Waals surface area contributed by atoms with Crippen LogP contribution in [0.3, 0.4) is 0 Å². The fourth-order valence-corrected chi connectivity index (χ4v) is 5.51. The number of halogens is 2. The van der Waals surface area contributed by atoms with Crippen molar-refractivity contribution in [2.75, 3.05) is 25.4 Å². The molecule has 0 radical (unpaired) electrons. The van der Waals surface area contributed by atoms with Gasteiger partial charge in [0.2, 0.25) is 21.8 Å². The van der Waals surface area contributed by atoms with Crippen LogP contribution in [0, 0.1) is 0 Å². The van der Waals surface area contributed by atoms with Gasteiger partial charge in [-0.15, -0.1) is 0 Å². The molecule has 2 aliphatic heterocycles. The summed E-state index contributed by atoms with van der Waals surface area (Å²) in [4.78, 5) is 37.6. The second-order valence-electron chi connectivity index (χ2n) is 5.65. The molecule has 0 atom stereocenters. The predicted molar refractivity (Wildman–Crippen MR) is 96.7 cm³/mol. The van der Waals surface area contributed by atoms with Gasteiger partial charge in [0, 0.05) is 13.1 Å². The minimum absolute atomic E-state index is 0.0509. The molecule has 1 aromatic carbocycles. The molecule has 2 fully saturated rings. The molecule has 26 heavy (non-hydrogen) atoms. The maximum Gasteiger partial charge on any atom is 0.289 e. The summed E-state index contributed by atoms with van der Waals surface area (Å²) in [6.07, 6.45) is 0. The van der Waals surface area contributed by atoms with Gasteiger partial charge in [-0.25, -0.2) is 13.1 Å². The molecule has 2 heterocycles.